The highest BCUT2D eigenvalue weighted by atomic mass is 32.2. The lowest BCUT2D eigenvalue weighted by molar-refractivity contribution is -0.207. The van der Waals surface area contributed by atoms with Crippen molar-refractivity contribution in [2.45, 2.75) is 113 Å². The fourth-order valence-electron chi connectivity index (χ4n) is 14.4. The number of carbonyl (C=O) groups is 5. The molecule has 0 amide bonds. The molecule has 18 heteroatoms. The van der Waals surface area contributed by atoms with Crippen LogP contribution in [-0.2, 0) is 64.2 Å². The molecule has 3 aromatic rings. The maximum Gasteiger partial charge on any atom is 0.402 e. The van der Waals surface area contributed by atoms with Crippen molar-refractivity contribution in [3.63, 3.8) is 0 Å². The maximum atomic E-state index is 14.7. The van der Waals surface area contributed by atoms with Crippen LogP contribution < -0.4 is 20.3 Å². The summed E-state index contributed by atoms with van der Waals surface area (Å²) in [7, 11) is -6.25. The molecule has 0 saturated heterocycles. The Kier molecular flexibility index (Phi) is 13.5. The third kappa shape index (κ3) is 9.76. The van der Waals surface area contributed by atoms with Gasteiger partial charge in [0.05, 0.1) is 19.4 Å². The Bertz CT molecular complexity index is 2810. The number of hydrogen-bond donors (Lipinski definition) is 1. The van der Waals surface area contributed by atoms with E-state index in [4.69, 9.17) is 28.2 Å². The number of halogens is 2. The van der Waals surface area contributed by atoms with E-state index in [9.17, 15) is 41.2 Å². The molecule has 1 aliphatic heterocycles. The summed E-state index contributed by atoms with van der Waals surface area (Å²) < 4.78 is 91.2. The Labute approximate surface area is 425 Å². The molecule has 1 unspecified atom stereocenters. The fourth-order valence-corrected chi connectivity index (χ4v) is 17.6. The van der Waals surface area contributed by atoms with Crippen molar-refractivity contribution in [1.29, 1.82) is 0 Å². The van der Waals surface area contributed by atoms with Gasteiger partial charge in [0, 0.05) is 17.6 Å². The van der Waals surface area contributed by atoms with E-state index in [1.165, 1.54) is 20.0 Å². The number of benzene rings is 3. The number of ether oxygens (including phenoxy) is 6. The van der Waals surface area contributed by atoms with Gasteiger partial charge in [-0.05, 0) is 159 Å². The standard InChI is InChI=1S/C55H61F2O14SSi/c1-30(51(61)67-27-49(59)69-29-55(56,57)72(63,64)65)13-31-9-11-42-41-7-5-6-8-46(41)73(47(42)24-31)40-10-12-45(66-4)43(25-40)44(26-48(58)70-53(2)36-16-32-14-33(18-36)19-37(53)17-32)52(62)68-28-50(60)71-54(3)38-20-34-15-35(22-38)23-39(54)21-34/h5-12,24-25,32-39,44H,1,13-23,26-29H2,2-4H3,(H,63,64,65). The topological polar surface area (TPSA) is 195 Å². The van der Waals surface area contributed by atoms with Crippen LogP contribution in [0.15, 0.2) is 72.8 Å². The summed E-state index contributed by atoms with van der Waals surface area (Å²) in [5.74, 6) is -1.66. The Morgan fingerprint density at radius 2 is 1.26 bits per heavy atom. The zero-order valence-electron chi connectivity index (χ0n) is 41.2. The van der Waals surface area contributed by atoms with Crippen LogP contribution in [0.5, 0.6) is 5.75 Å². The highest BCUT2D eigenvalue weighted by Gasteiger charge is 2.59. The van der Waals surface area contributed by atoms with Gasteiger partial charge in [0.2, 0.25) is 0 Å². The molecular formula is C55H61F2O14SSi. The van der Waals surface area contributed by atoms with Crippen molar-refractivity contribution < 1.29 is 74.1 Å². The molecular weight excluding hydrogens is 983 g/mol. The van der Waals surface area contributed by atoms with Crippen LogP contribution in [0.4, 0.5) is 8.78 Å². The molecule has 8 bridgehead atoms. The minimum atomic E-state index is -5.85. The average Bonchev–Trinajstić information content (AvgIpc) is 3.67. The van der Waals surface area contributed by atoms with E-state index in [1.54, 1.807) is 6.07 Å². The van der Waals surface area contributed by atoms with Crippen LogP contribution in [0.25, 0.3) is 11.1 Å². The van der Waals surface area contributed by atoms with Gasteiger partial charge in [0.25, 0.3) is 0 Å². The fraction of sp³-hybridized carbons (Fsp3) is 0.545. The molecule has 8 saturated carbocycles. The lowest BCUT2D eigenvalue weighted by atomic mass is 9.50. The molecule has 389 valence electrons. The molecule has 8 aliphatic carbocycles. The summed E-state index contributed by atoms with van der Waals surface area (Å²) in [6.45, 7) is 4.19. The van der Waals surface area contributed by atoms with E-state index < -0.39 is 91.0 Å². The monoisotopic (exact) mass is 1040 g/mol. The van der Waals surface area contributed by atoms with E-state index in [1.807, 2.05) is 61.5 Å². The lowest BCUT2D eigenvalue weighted by Gasteiger charge is -2.59. The van der Waals surface area contributed by atoms with Crippen LogP contribution in [0.3, 0.4) is 0 Å². The van der Waals surface area contributed by atoms with Gasteiger partial charge in [-0.25, -0.2) is 14.4 Å². The molecule has 0 aromatic heterocycles. The van der Waals surface area contributed by atoms with Crippen molar-refractivity contribution in [1.82, 2.24) is 0 Å². The zero-order chi connectivity index (χ0) is 51.8. The van der Waals surface area contributed by atoms with E-state index >= 15 is 0 Å². The highest BCUT2D eigenvalue weighted by Crippen LogP contribution is 2.61. The second kappa shape index (κ2) is 19.3. The summed E-state index contributed by atoms with van der Waals surface area (Å²) in [6.07, 6.45) is 10.3. The number of alkyl halides is 2. The first-order chi connectivity index (χ1) is 34.6. The first-order valence-electron chi connectivity index (χ1n) is 25.4. The number of hydrogen-bond acceptors (Lipinski definition) is 13. The van der Waals surface area contributed by atoms with Crippen LogP contribution >= 0.6 is 0 Å². The van der Waals surface area contributed by atoms with Gasteiger partial charge in [-0.15, -0.1) is 0 Å². The molecule has 1 N–H and O–H groups in total. The van der Waals surface area contributed by atoms with Crippen molar-refractivity contribution >= 4 is 64.3 Å². The van der Waals surface area contributed by atoms with Gasteiger partial charge in [-0.2, -0.15) is 17.2 Å². The number of rotatable bonds is 18. The lowest BCUT2D eigenvalue weighted by Crippen LogP contribution is -2.58. The van der Waals surface area contributed by atoms with Gasteiger partial charge in [0.15, 0.2) is 28.6 Å². The summed E-state index contributed by atoms with van der Waals surface area (Å²) in [6, 6.07) is 19.2. The smallest absolute Gasteiger partial charge is 0.402 e. The molecule has 73 heavy (non-hydrogen) atoms. The van der Waals surface area contributed by atoms with Gasteiger partial charge >= 0.3 is 45.2 Å². The number of fused-ring (bicyclic) bond motifs is 3. The summed E-state index contributed by atoms with van der Waals surface area (Å²) in [5.41, 5.74) is 1.60. The highest BCUT2D eigenvalue weighted by molar-refractivity contribution is 7.86. The molecule has 0 spiro atoms. The molecule has 1 heterocycles. The second-order valence-corrected chi connectivity index (χ2v) is 26.1. The third-order valence-electron chi connectivity index (χ3n) is 17.7. The number of carbonyl (C=O) groups excluding carboxylic acids is 5. The van der Waals surface area contributed by atoms with Crippen molar-refractivity contribution in [3.8, 4) is 16.9 Å². The second-order valence-electron chi connectivity index (χ2n) is 22.2. The summed E-state index contributed by atoms with van der Waals surface area (Å²) in [5, 5.41) is -1.93. The molecule has 1 atom stereocenters. The van der Waals surface area contributed by atoms with E-state index in [2.05, 4.69) is 18.2 Å². The molecule has 8 fully saturated rings. The zero-order valence-corrected chi connectivity index (χ0v) is 43.0. The quantitative estimate of drug-likeness (QED) is 0.0379. The van der Waals surface area contributed by atoms with Gasteiger partial charge < -0.3 is 28.4 Å². The Morgan fingerprint density at radius 1 is 0.712 bits per heavy atom. The summed E-state index contributed by atoms with van der Waals surface area (Å²) in [4.78, 5) is 67.8. The number of methoxy groups -OCH3 is 1. The Hall–Kier alpha value is -5.46. The molecule has 1 radical (unpaired) electrons. The normalized spacial score (nSPS) is 29.7. The molecule has 12 rings (SSSR count). The maximum absolute atomic E-state index is 14.7. The minimum Gasteiger partial charge on any atom is -0.496 e. The number of esters is 5. The Morgan fingerprint density at radius 3 is 1.84 bits per heavy atom. The van der Waals surface area contributed by atoms with Crippen LogP contribution in [-0.4, -0.2) is 95.0 Å². The molecule has 3 aromatic carbocycles. The van der Waals surface area contributed by atoms with E-state index in [-0.39, 0.29) is 42.1 Å². The first kappa shape index (κ1) is 51.0. The van der Waals surface area contributed by atoms with Crippen LogP contribution in [0.2, 0.25) is 0 Å². The van der Waals surface area contributed by atoms with Gasteiger partial charge in [-0.3, -0.25) is 14.1 Å². The largest absolute Gasteiger partial charge is 0.496 e. The molecule has 14 nitrogen and oxygen atoms in total. The third-order valence-corrected chi connectivity index (χ3v) is 21.4. The van der Waals surface area contributed by atoms with E-state index in [0.29, 0.717) is 40.5 Å². The Balaban J connectivity index is 0.899. The predicted molar refractivity (Wildman–Crippen MR) is 262 cm³/mol. The van der Waals surface area contributed by atoms with Crippen molar-refractivity contribution in [3.05, 3.63) is 83.9 Å². The van der Waals surface area contributed by atoms with Gasteiger partial charge in [0.1, 0.15) is 17.0 Å². The average molecular weight is 1040 g/mol. The van der Waals surface area contributed by atoms with Crippen LogP contribution in [0, 0.1) is 47.3 Å². The van der Waals surface area contributed by atoms with Crippen LogP contribution in [0.1, 0.15) is 102 Å². The SMILES string of the molecule is C=C(Cc1ccc2c(c1)[Si](c1ccc(OC)c(C(CC(=O)OC3(C)C4CC5CC(C4)CC3C5)C(=O)OCC(=O)OC3(C)C4CC5CC(C4)CC3C5)c1)c1ccccc1-2)C(=O)OCC(=O)OCC(F)(F)S(=O)(=O)O. The molecule has 9 aliphatic rings. The van der Waals surface area contributed by atoms with E-state index in [0.717, 1.165) is 78.1 Å². The van der Waals surface area contributed by atoms with Gasteiger partial charge in [-0.1, -0.05) is 66.4 Å². The minimum absolute atomic E-state index is 0.0384. The van der Waals surface area contributed by atoms with Crippen molar-refractivity contribution in [2.75, 3.05) is 26.9 Å². The first-order valence-corrected chi connectivity index (χ1v) is 28.3. The predicted octanol–water partition coefficient (Wildman–Crippen LogP) is 6.39. The van der Waals surface area contributed by atoms with Crippen molar-refractivity contribution in [2.24, 2.45) is 47.3 Å². The summed E-state index contributed by atoms with van der Waals surface area (Å²) >= 11 is 0.